The summed E-state index contributed by atoms with van der Waals surface area (Å²) in [5.74, 6) is -0.499. The van der Waals surface area contributed by atoms with Gasteiger partial charge in [0, 0.05) is 13.1 Å². The minimum absolute atomic E-state index is 0.0553. The first-order valence-electron chi connectivity index (χ1n) is 6.29. The summed E-state index contributed by atoms with van der Waals surface area (Å²) in [4.78, 5) is 37.7. The Balaban J connectivity index is 2.42. The first-order valence-corrected chi connectivity index (χ1v) is 6.29. The maximum absolute atomic E-state index is 11.8. The highest BCUT2D eigenvalue weighted by atomic mass is 16.5. The number of nitrogens with zero attached hydrogens (tertiary/aromatic N) is 2. The lowest BCUT2D eigenvalue weighted by molar-refractivity contribution is -0.152. The van der Waals surface area contributed by atoms with Crippen LogP contribution in [0.3, 0.4) is 0 Å². The number of carbonyl (C=O) groups excluding carboxylic acids is 3. The molecule has 0 aromatic heterocycles. The lowest BCUT2D eigenvalue weighted by Crippen LogP contribution is -2.54. The van der Waals surface area contributed by atoms with Crippen molar-refractivity contribution in [3.63, 3.8) is 0 Å². The highest BCUT2D eigenvalue weighted by Gasteiger charge is 2.29. The van der Waals surface area contributed by atoms with Crippen LogP contribution in [0.2, 0.25) is 0 Å². The average molecular weight is 256 g/mol. The molecular formula is C12H20N2O4. The van der Waals surface area contributed by atoms with Crippen LogP contribution in [0, 0.1) is 0 Å². The topological polar surface area (TPSA) is 66.9 Å². The third kappa shape index (κ3) is 4.01. The third-order valence-electron chi connectivity index (χ3n) is 2.74. The molecule has 0 bridgehead atoms. The molecule has 1 aliphatic heterocycles. The summed E-state index contributed by atoms with van der Waals surface area (Å²) in [6, 6.07) is 0. The summed E-state index contributed by atoms with van der Waals surface area (Å²) in [6.07, 6.45) is 0.975. The van der Waals surface area contributed by atoms with E-state index in [4.69, 9.17) is 4.74 Å². The number of hydrogen-bond donors (Lipinski definition) is 0. The van der Waals surface area contributed by atoms with Crippen LogP contribution < -0.4 is 0 Å². The molecule has 0 N–H and O–H groups in total. The van der Waals surface area contributed by atoms with Gasteiger partial charge in [-0.05, 0) is 13.3 Å². The van der Waals surface area contributed by atoms with Gasteiger partial charge in [0.05, 0.1) is 26.1 Å². The van der Waals surface area contributed by atoms with Crippen molar-refractivity contribution in [1.29, 1.82) is 0 Å². The fourth-order valence-electron chi connectivity index (χ4n) is 1.84. The number of hydrogen-bond acceptors (Lipinski definition) is 4. The van der Waals surface area contributed by atoms with E-state index in [2.05, 4.69) is 0 Å². The first-order chi connectivity index (χ1) is 8.58. The van der Waals surface area contributed by atoms with E-state index in [1.165, 1.54) is 4.90 Å². The van der Waals surface area contributed by atoms with E-state index in [1.807, 2.05) is 6.92 Å². The second kappa shape index (κ2) is 6.98. The van der Waals surface area contributed by atoms with Crippen molar-refractivity contribution < 1.29 is 19.1 Å². The molecule has 0 unspecified atom stereocenters. The van der Waals surface area contributed by atoms with Crippen molar-refractivity contribution in [2.75, 3.05) is 32.8 Å². The Morgan fingerprint density at radius 1 is 1.11 bits per heavy atom. The normalized spacial score (nSPS) is 16.1. The van der Waals surface area contributed by atoms with Crippen LogP contribution in [0.1, 0.15) is 26.7 Å². The van der Waals surface area contributed by atoms with Crippen LogP contribution in [-0.4, -0.2) is 60.4 Å². The molecule has 1 rings (SSSR count). The van der Waals surface area contributed by atoms with E-state index < -0.39 is 0 Å². The third-order valence-corrected chi connectivity index (χ3v) is 2.74. The van der Waals surface area contributed by atoms with Gasteiger partial charge in [-0.25, -0.2) is 0 Å². The zero-order valence-electron chi connectivity index (χ0n) is 11.0. The molecule has 1 saturated heterocycles. The van der Waals surface area contributed by atoms with E-state index in [-0.39, 0.29) is 43.8 Å². The Kier molecular flexibility index (Phi) is 5.61. The molecule has 18 heavy (non-hydrogen) atoms. The summed E-state index contributed by atoms with van der Waals surface area (Å²) >= 11 is 0. The monoisotopic (exact) mass is 256 g/mol. The molecule has 0 atom stereocenters. The zero-order chi connectivity index (χ0) is 13.5. The van der Waals surface area contributed by atoms with Crippen LogP contribution in [0.5, 0.6) is 0 Å². The Labute approximate surface area is 107 Å². The fourth-order valence-corrected chi connectivity index (χ4v) is 1.84. The van der Waals surface area contributed by atoms with Gasteiger partial charge in [-0.3, -0.25) is 14.4 Å². The first kappa shape index (κ1) is 14.5. The highest BCUT2D eigenvalue weighted by molar-refractivity contribution is 5.92. The van der Waals surface area contributed by atoms with Crippen LogP contribution >= 0.6 is 0 Å². The number of piperazine rings is 1. The maximum Gasteiger partial charge on any atom is 0.307 e. The molecule has 1 aliphatic rings. The van der Waals surface area contributed by atoms with Gasteiger partial charge in [0.15, 0.2) is 0 Å². The van der Waals surface area contributed by atoms with Gasteiger partial charge in [-0.2, -0.15) is 0 Å². The molecule has 0 aliphatic carbocycles. The molecule has 0 radical (unpaired) electrons. The van der Waals surface area contributed by atoms with Crippen LogP contribution in [0.4, 0.5) is 0 Å². The van der Waals surface area contributed by atoms with E-state index in [0.717, 1.165) is 6.42 Å². The smallest absolute Gasteiger partial charge is 0.307 e. The van der Waals surface area contributed by atoms with Gasteiger partial charge in [0.25, 0.3) is 0 Å². The Morgan fingerprint density at radius 3 is 2.17 bits per heavy atom. The zero-order valence-corrected chi connectivity index (χ0v) is 11.0. The van der Waals surface area contributed by atoms with Crippen molar-refractivity contribution in [2.45, 2.75) is 26.7 Å². The second-order valence-corrected chi connectivity index (χ2v) is 4.19. The molecule has 0 spiro atoms. The fraction of sp³-hybridized carbons (Fsp3) is 0.750. The summed E-state index contributed by atoms with van der Waals surface area (Å²) in [5, 5.41) is 0. The SMILES string of the molecule is CCCN1CC(=O)N(CCC(=O)OCC)CC1=O. The number of amides is 2. The summed E-state index contributed by atoms with van der Waals surface area (Å²) in [5.41, 5.74) is 0. The Bertz CT molecular complexity index is 330. The molecular weight excluding hydrogens is 236 g/mol. The standard InChI is InChI=1S/C12H20N2O4/c1-3-6-13-8-11(16)14(9-10(13)15)7-5-12(17)18-4-2/h3-9H2,1-2H3. The Hall–Kier alpha value is -1.59. The predicted octanol–water partition coefficient (Wildman–Crippen LogP) is 0.0204. The van der Waals surface area contributed by atoms with Gasteiger partial charge in [0.2, 0.25) is 11.8 Å². The van der Waals surface area contributed by atoms with Crippen molar-refractivity contribution in [1.82, 2.24) is 9.80 Å². The second-order valence-electron chi connectivity index (χ2n) is 4.19. The number of rotatable bonds is 6. The van der Waals surface area contributed by atoms with E-state index in [1.54, 1.807) is 11.8 Å². The minimum atomic E-state index is -0.339. The molecule has 1 fully saturated rings. The van der Waals surface area contributed by atoms with Crippen molar-refractivity contribution >= 4 is 17.8 Å². The molecule has 6 nitrogen and oxygen atoms in total. The summed E-state index contributed by atoms with van der Waals surface area (Å²) in [6.45, 7) is 5.07. The molecule has 1 heterocycles. The van der Waals surface area contributed by atoms with E-state index in [9.17, 15) is 14.4 Å². The van der Waals surface area contributed by atoms with Gasteiger partial charge in [-0.15, -0.1) is 0 Å². The highest BCUT2D eigenvalue weighted by Crippen LogP contribution is 2.06. The maximum atomic E-state index is 11.8. The lowest BCUT2D eigenvalue weighted by atomic mass is 10.2. The molecule has 2 amide bonds. The van der Waals surface area contributed by atoms with Gasteiger partial charge in [0.1, 0.15) is 0 Å². The van der Waals surface area contributed by atoms with Crippen molar-refractivity contribution in [2.24, 2.45) is 0 Å². The molecule has 0 saturated carbocycles. The Morgan fingerprint density at radius 2 is 1.67 bits per heavy atom. The summed E-state index contributed by atoms with van der Waals surface area (Å²) < 4.78 is 4.78. The predicted molar refractivity (Wildman–Crippen MR) is 64.7 cm³/mol. The molecule has 0 aromatic rings. The van der Waals surface area contributed by atoms with Gasteiger partial charge in [-0.1, -0.05) is 6.92 Å². The summed E-state index contributed by atoms with van der Waals surface area (Å²) in [7, 11) is 0. The number of ether oxygens (including phenoxy) is 1. The lowest BCUT2D eigenvalue weighted by Gasteiger charge is -2.33. The quantitative estimate of drug-likeness (QED) is 0.628. The van der Waals surface area contributed by atoms with Crippen LogP contribution in [0.15, 0.2) is 0 Å². The van der Waals surface area contributed by atoms with Crippen LogP contribution in [-0.2, 0) is 19.1 Å². The molecule has 0 aromatic carbocycles. The average Bonchev–Trinajstić information content (AvgIpc) is 2.32. The molecule has 102 valence electrons. The van der Waals surface area contributed by atoms with Gasteiger partial charge >= 0.3 is 5.97 Å². The molecule has 6 heteroatoms. The minimum Gasteiger partial charge on any atom is -0.466 e. The number of esters is 1. The van der Waals surface area contributed by atoms with Crippen molar-refractivity contribution in [3.8, 4) is 0 Å². The van der Waals surface area contributed by atoms with E-state index >= 15 is 0 Å². The number of carbonyl (C=O) groups is 3. The van der Waals surface area contributed by atoms with Crippen molar-refractivity contribution in [3.05, 3.63) is 0 Å². The van der Waals surface area contributed by atoms with Gasteiger partial charge < -0.3 is 14.5 Å². The van der Waals surface area contributed by atoms with Crippen LogP contribution in [0.25, 0.3) is 0 Å². The van der Waals surface area contributed by atoms with E-state index in [0.29, 0.717) is 13.2 Å². The largest absolute Gasteiger partial charge is 0.466 e.